The standard InChI is InChI=1S/C10H14N2O5/c1-2-16-8(13)3-4-9(14)17-12-10(11)7-5-15-6-7/h3-4,7H,2,5-6H2,1H3,(H2,11,12)/b4-3+. The van der Waals surface area contributed by atoms with Crippen LogP contribution in [0.15, 0.2) is 17.3 Å². The van der Waals surface area contributed by atoms with Gasteiger partial charge in [-0.15, -0.1) is 0 Å². The molecule has 0 bridgehead atoms. The van der Waals surface area contributed by atoms with E-state index in [4.69, 9.17) is 10.5 Å². The Morgan fingerprint density at radius 3 is 2.59 bits per heavy atom. The molecule has 0 aromatic rings. The molecule has 17 heavy (non-hydrogen) atoms. The lowest BCUT2D eigenvalue weighted by Crippen LogP contribution is -2.39. The maximum absolute atomic E-state index is 11.1. The molecule has 0 spiro atoms. The van der Waals surface area contributed by atoms with Crippen molar-refractivity contribution < 1.29 is 23.9 Å². The lowest BCUT2D eigenvalue weighted by atomic mass is 10.1. The van der Waals surface area contributed by atoms with Crippen LogP contribution in [-0.2, 0) is 23.9 Å². The fourth-order valence-electron chi connectivity index (χ4n) is 0.936. The van der Waals surface area contributed by atoms with Crippen LogP contribution in [0.25, 0.3) is 0 Å². The highest BCUT2D eigenvalue weighted by molar-refractivity contribution is 5.92. The van der Waals surface area contributed by atoms with Gasteiger partial charge in [0.1, 0.15) is 5.84 Å². The summed E-state index contributed by atoms with van der Waals surface area (Å²) in [5, 5.41) is 3.43. The van der Waals surface area contributed by atoms with Crippen LogP contribution in [-0.4, -0.2) is 37.6 Å². The first-order chi connectivity index (χ1) is 8.13. The van der Waals surface area contributed by atoms with Crippen molar-refractivity contribution in [2.45, 2.75) is 6.92 Å². The summed E-state index contributed by atoms with van der Waals surface area (Å²) in [6.07, 6.45) is 1.88. The first kappa shape index (κ1) is 13.2. The number of hydrogen-bond donors (Lipinski definition) is 1. The zero-order chi connectivity index (χ0) is 12.7. The second-order valence-electron chi connectivity index (χ2n) is 3.25. The van der Waals surface area contributed by atoms with E-state index in [1.165, 1.54) is 0 Å². The van der Waals surface area contributed by atoms with E-state index in [9.17, 15) is 9.59 Å². The summed E-state index contributed by atoms with van der Waals surface area (Å²) in [6.45, 7) is 2.86. The second-order valence-corrected chi connectivity index (χ2v) is 3.25. The number of oxime groups is 1. The van der Waals surface area contributed by atoms with Crippen LogP contribution in [0.3, 0.4) is 0 Å². The van der Waals surface area contributed by atoms with E-state index < -0.39 is 11.9 Å². The summed E-state index contributed by atoms with van der Waals surface area (Å²) in [6, 6.07) is 0. The average molecular weight is 242 g/mol. The normalized spacial score (nSPS) is 16.6. The minimum atomic E-state index is -0.791. The van der Waals surface area contributed by atoms with Gasteiger partial charge in [-0.2, -0.15) is 0 Å². The van der Waals surface area contributed by atoms with E-state index >= 15 is 0 Å². The van der Waals surface area contributed by atoms with Crippen LogP contribution in [0.1, 0.15) is 6.92 Å². The average Bonchev–Trinajstić information content (AvgIpc) is 2.21. The lowest BCUT2D eigenvalue weighted by molar-refractivity contribution is -0.140. The Morgan fingerprint density at radius 2 is 2.06 bits per heavy atom. The summed E-state index contributed by atoms with van der Waals surface area (Å²) in [4.78, 5) is 26.4. The number of amidine groups is 1. The SMILES string of the molecule is CCOC(=O)/C=C/C(=O)O/N=C(\N)C1COC1. The van der Waals surface area contributed by atoms with E-state index in [-0.39, 0.29) is 18.4 Å². The van der Waals surface area contributed by atoms with Gasteiger partial charge in [-0.1, -0.05) is 5.16 Å². The summed E-state index contributed by atoms with van der Waals surface area (Å²) in [7, 11) is 0. The Labute approximate surface area is 98.2 Å². The van der Waals surface area contributed by atoms with Crippen molar-refractivity contribution in [2.75, 3.05) is 19.8 Å². The van der Waals surface area contributed by atoms with E-state index in [0.717, 1.165) is 12.2 Å². The minimum Gasteiger partial charge on any atom is -0.463 e. The van der Waals surface area contributed by atoms with Crippen molar-refractivity contribution in [3.63, 3.8) is 0 Å². The quantitative estimate of drug-likeness (QED) is 0.175. The maximum Gasteiger partial charge on any atom is 0.358 e. The Morgan fingerprint density at radius 1 is 1.41 bits per heavy atom. The molecule has 7 nitrogen and oxygen atoms in total. The van der Waals surface area contributed by atoms with Gasteiger partial charge in [0.05, 0.1) is 25.7 Å². The van der Waals surface area contributed by atoms with Gasteiger partial charge in [-0.05, 0) is 6.92 Å². The van der Waals surface area contributed by atoms with Crippen LogP contribution in [0.4, 0.5) is 0 Å². The molecule has 1 aliphatic heterocycles. The van der Waals surface area contributed by atoms with E-state index in [2.05, 4.69) is 14.7 Å². The number of hydrogen-bond acceptors (Lipinski definition) is 6. The van der Waals surface area contributed by atoms with Crippen LogP contribution in [0, 0.1) is 5.92 Å². The van der Waals surface area contributed by atoms with Gasteiger partial charge in [0.25, 0.3) is 0 Å². The smallest absolute Gasteiger partial charge is 0.358 e. The van der Waals surface area contributed by atoms with E-state index in [0.29, 0.717) is 13.2 Å². The fourth-order valence-corrected chi connectivity index (χ4v) is 0.936. The number of carbonyl (C=O) groups is 2. The molecule has 1 aliphatic rings. The molecule has 7 heteroatoms. The highest BCUT2D eigenvalue weighted by Crippen LogP contribution is 2.09. The molecule has 2 N–H and O–H groups in total. The third-order valence-corrected chi connectivity index (χ3v) is 1.94. The molecular formula is C10H14N2O5. The zero-order valence-corrected chi connectivity index (χ0v) is 9.42. The van der Waals surface area contributed by atoms with Gasteiger partial charge in [0, 0.05) is 12.2 Å². The monoisotopic (exact) mass is 242 g/mol. The lowest BCUT2D eigenvalue weighted by Gasteiger charge is -2.24. The van der Waals surface area contributed by atoms with E-state index in [1.807, 2.05) is 0 Å². The highest BCUT2D eigenvalue weighted by Gasteiger charge is 2.23. The number of rotatable bonds is 5. The Balaban J connectivity index is 2.31. The number of nitrogens with zero attached hydrogens (tertiary/aromatic N) is 1. The second kappa shape index (κ2) is 6.64. The largest absolute Gasteiger partial charge is 0.463 e. The van der Waals surface area contributed by atoms with E-state index in [1.54, 1.807) is 6.92 Å². The van der Waals surface area contributed by atoms with Crippen LogP contribution < -0.4 is 5.73 Å². The molecule has 1 saturated heterocycles. The van der Waals surface area contributed by atoms with Crippen molar-refractivity contribution in [3.8, 4) is 0 Å². The first-order valence-corrected chi connectivity index (χ1v) is 5.10. The summed E-state index contributed by atoms with van der Waals surface area (Å²) >= 11 is 0. The zero-order valence-electron chi connectivity index (χ0n) is 9.42. The third-order valence-electron chi connectivity index (χ3n) is 1.94. The maximum atomic E-state index is 11.1. The molecule has 0 unspecified atom stereocenters. The molecular weight excluding hydrogens is 228 g/mol. The predicted molar refractivity (Wildman–Crippen MR) is 57.8 cm³/mol. The van der Waals surface area contributed by atoms with Crippen molar-refractivity contribution in [2.24, 2.45) is 16.8 Å². The van der Waals surface area contributed by atoms with Gasteiger partial charge in [0.15, 0.2) is 0 Å². The van der Waals surface area contributed by atoms with Gasteiger partial charge < -0.3 is 20.0 Å². The molecule has 0 amide bonds. The Kier molecular flexibility index (Phi) is 5.15. The molecule has 0 aromatic carbocycles. The van der Waals surface area contributed by atoms with Crippen LogP contribution >= 0.6 is 0 Å². The van der Waals surface area contributed by atoms with Gasteiger partial charge in [-0.3, -0.25) is 0 Å². The molecule has 0 saturated carbocycles. The number of esters is 1. The third kappa shape index (κ3) is 4.64. The topological polar surface area (TPSA) is 100 Å². The van der Waals surface area contributed by atoms with Crippen molar-refractivity contribution in [1.29, 1.82) is 0 Å². The molecule has 0 aromatic heterocycles. The van der Waals surface area contributed by atoms with Crippen molar-refractivity contribution in [1.82, 2.24) is 0 Å². The summed E-state index contributed by atoms with van der Waals surface area (Å²) in [5.74, 6) is -1.21. The Bertz CT molecular complexity index is 347. The van der Waals surface area contributed by atoms with Crippen LogP contribution in [0.5, 0.6) is 0 Å². The van der Waals surface area contributed by atoms with Gasteiger partial charge >= 0.3 is 11.9 Å². The highest BCUT2D eigenvalue weighted by atomic mass is 16.7. The molecule has 1 fully saturated rings. The number of nitrogens with two attached hydrogens (primary N) is 1. The molecule has 1 heterocycles. The molecule has 94 valence electrons. The van der Waals surface area contributed by atoms with Gasteiger partial charge in [-0.25, -0.2) is 9.59 Å². The summed E-state index contributed by atoms with van der Waals surface area (Å²) < 4.78 is 9.46. The van der Waals surface area contributed by atoms with Crippen molar-refractivity contribution >= 4 is 17.8 Å². The van der Waals surface area contributed by atoms with Gasteiger partial charge in [0.2, 0.25) is 0 Å². The molecule has 0 atom stereocenters. The first-order valence-electron chi connectivity index (χ1n) is 5.10. The molecule has 1 rings (SSSR count). The molecule has 0 aliphatic carbocycles. The number of carbonyl (C=O) groups excluding carboxylic acids is 2. The van der Waals surface area contributed by atoms with Crippen LogP contribution in [0.2, 0.25) is 0 Å². The van der Waals surface area contributed by atoms with Crippen molar-refractivity contribution in [3.05, 3.63) is 12.2 Å². The number of ether oxygens (including phenoxy) is 2. The fraction of sp³-hybridized carbons (Fsp3) is 0.500. The predicted octanol–water partition coefficient (Wildman–Crippen LogP) is -0.432. The summed E-state index contributed by atoms with van der Waals surface area (Å²) in [5.41, 5.74) is 5.51. The molecule has 0 radical (unpaired) electrons. The Hall–Kier alpha value is -1.89. The minimum absolute atomic E-state index is 0.00293.